The molecule has 1 aromatic heterocycles. The number of carbonyl (C=O) groups is 1. The molecule has 1 amide bonds. The van der Waals surface area contributed by atoms with Crippen molar-refractivity contribution in [3.05, 3.63) is 45.6 Å². The van der Waals surface area contributed by atoms with Crippen LogP contribution in [0.15, 0.2) is 23.0 Å². The second-order valence-corrected chi connectivity index (χ2v) is 6.68. The summed E-state index contributed by atoms with van der Waals surface area (Å²) in [6, 6.07) is 4.97. The Kier molecular flexibility index (Phi) is 5.15. The lowest BCUT2D eigenvalue weighted by atomic mass is 9.95. The van der Waals surface area contributed by atoms with Gasteiger partial charge in [-0.2, -0.15) is 0 Å². The van der Waals surface area contributed by atoms with Crippen molar-refractivity contribution in [1.29, 1.82) is 0 Å². The smallest absolute Gasteiger partial charge is 0.264 e. The number of H-pyrrole nitrogens is 1. The minimum atomic E-state index is -0.540. The Balaban J connectivity index is 2.38. The number of aromatic nitrogens is 2. The minimum Gasteiger partial charge on any atom is -0.497 e. The number of nitrogens with one attached hydrogen (secondary N) is 2. The Bertz CT molecular complexity index is 828. The van der Waals surface area contributed by atoms with E-state index in [-0.39, 0.29) is 11.0 Å². The molecule has 0 radical (unpaired) electrons. The van der Waals surface area contributed by atoms with E-state index in [4.69, 9.17) is 9.47 Å². The van der Waals surface area contributed by atoms with Crippen molar-refractivity contribution >= 4 is 11.6 Å². The molecule has 0 spiro atoms. The van der Waals surface area contributed by atoms with E-state index in [1.54, 1.807) is 25.1 Å². The van der Waals surface area contributed by atoms with Gasteiger partial charge in [-0.15, -0.1) is 0 Å². The van der Waals surface area contributed by atoms with E-state index in [2.05, 4.69) is 15.3 Å². The van der Waals surface area contributed by atoms with Crippen molar-refractivity contribution in [1.82, 2.24) is 9.97 Å². The summed E-state index contributed by atoms with van der Waals surface area (Å²) in [4.78, 5) is 32.0. The van der Waals surface area contributed by atoms with Crippen molar-refractivity contribution in [3.63, 3.8) is 0 Å². The predicted molar refractivity (Wildman–Crippen MR) is 95.8 cm³/mol. The van der Waals surface area contributed by atoms with E-state index in [1.165, 1.54) is 14.2 Å². The van der Waals surface area contributed by atoms with Gasteiger partial charge in [0.2, 0.25) is 0 Å². The van der Waals surface area contributed by atoms with Crippen LogP contribution in [0.4, 0.5) is 5.69 Å². The molecule has 0 saturated carbocycles. The summed E-state index contributed by atoms with van der Waals surface area (Å²) in [5.41, 5.74) is 0.0273. The molecular weight excluding hydrogens is 322 g/mol. The van der Waals surface area contributed by atoms with Crippen molar-refractivity contribution < 1.29 is 14.3 Å². The summed E-state index contributed by atoms with van der Waals surface area (Å²) < 4.78 is 10.3. The van der Waals surface area contributed by atoms with E-state index in [0.717, 1.165) is 0 Å². The lowest BCUT2D eigenvalue weighted by Gasteiger charge is -2.18. The molecule has 0 aliphatic heterocycles. The second-order valence-electron chi connectivity index (χ2n) is 6.68. The lowest BCUT2D eigenvalue weighted by molar-refractivity contribution is 0.102. The largest absolute Gasteiger partial charge is 0.497 e. The molecule has 0 saturated heterocycles. The van der Waals surface area contributed by atoms with Crippen LogP contribution >= 0.6 is 0 Å². The third kappa shape index (κ3) is 4.17. The van der Waals surface area contributed by atoms with Crippen LogP contribution < -0.4 is 20.3 Å². The topological polar surface area (TPSA) is 93.3 Å². The average Bonchev–Trinajstić information content (AvgIpc) is 2.52. The van der Waals surface area contributed by atoms with E-state index in [9.17, 15) is 9.59 Å². The van der Waals surface area contributed by atoms with Crippen molar-refractivity contribution in [3.8, 4) is 11.5 Å². The van der Waals surface area contributed by atoms with Crippen LogP contribution in [0.3, 0.4) is 0 Å². The van der Waals surface area contributed by atoms with Gasteiger partial charge in [0.1, 0.15) is 22.9 Å². The van der Waals surface area contributed by atoms with Gasteiger partial charge in [0.25, 0.3) is 11.5 Å². The Morgan fingerprint density at radius 1 is 1.12 bits per heavy atom. The third-order valence-corrected chi connectivity index (χ3v) is 3.65. The molecule has 0 aliphatic carbocycles. The van der Waals surface area contributed by atoms with Gasteiger partial charge < -0.3 is 19.8 Å². The molecule has 7 heteroatoms. The summed E-state index contributed by atoms with van der Waals surface area (Å²) >= 11 is 0. The van der Waals surface area contributed by atoms with Crippen LogP contribution in [0.2, 0.25) is 0 Å². The molecule has 25 heavy (non-hydrogen) atoms. The average molecular weight is 345 g/mol. The first kappa shape index (κ1) is 18.5. The van der Waals surface area contributed by atoms with Gasteiger partial charge in [0, 0.05) is 29.3 Å². The maximum absolute atomic E-state index is 12.6. The highest BCUT2D eigenvalue weighted by Crippen LogP contribution is 2.26. The molecular formula is C18H23N3O4. The molecule has 0 bridgehead atoms. The Hall–Kier alpha value is -2.83. The normalized spacial score (nSPS) is 11.1. The summed E-state index contributed by atoms with van der Waals surface area (Å²) in [5, 5.41) is 2.69. The van der Waals surface area contributed by atoms with Gasteiger partial charge in [-0.1, -0.05) is 20.8 Å². The van der Waals surface area contributed by atoms with Crippen LogP contribution in [0.1, 0.15) is 42.6 Å². The first-order valence-electron chi connectivity index (χ1n) is 7.81. The second kappa shape index (κ2) is 6.96. The zero-order valence-electron chi connectivity index (χ0n) is 15.3. The third-order valence-electron chi connectivity index (χ3n) is 3.65. The van der Waals surface area contributed by atoms with Gasteiger partial charge in [0.05, 0.1) is 19.9 Å². The summed E-state index contributed by atoms with van der Waals surface area (Å²) in [6.07, 6.45) is 0. The van der Waals surface area contributed by atoms with Gasteiger partial charge in [-0.3, -0.25) is 9.59 Å². The SMILES string of the molecule is COc1cc(NC(=O)c2c(C)nc(C(C)(C)C)[nH]c2=O)cc(OC)c1. The number of aromatic amines is 1. The van der Waals surface area contributed by atoms with Crippen LogP contribution in [-0.4, -0.2) is 30.1 Å². The highest BCUT2D eigenvalue weighted by atomic mass is 16.5. The molecule has 7 nitrogen and oxygen atoms in total. The number of anilines is 1. The number of benzene rings is 1. The Labute approximate surface area is 146 Å². The fourth-order valence-electron chi connectivity index (χ4n) is 2.28. The van der Waals surface area contributed by atoms with Crippen LogP contribution in [0.5, 0.6) is 11.5 Å². The molecule has 134 valence electrons. The number of nitrogens with zero attached hydrogens (tertiary/aromatic N) is 1. The fourth-order valence-corrected chi connectivity index (χ4v) is 2.28. The first-order valence-corrected chi connectivity index (χ1v) is 7.81. The lowest BCUT2D eigenvalue weighted by Crippen LogP contribution is -2.30. The quantitative estimate of drug-likeness (QED) is 0.888. The Morgan fingerprint density at radius 3 is 2.12 bits per heavy atom. The number of aryl methyl sites for hydroxylation is 1. The standard InChI is InChI=1S/C18H23N3O4/c1-10-14(16(23)21-17(19-10)18(2,3)4)15(22)20-11-7-12(24-5)9-13(8-11)25-6/h7-9H,1-6H3,(H,20,22)(H,19,21,23). The molecule has 1 aromatic carbocycles. The highest BCUT2D eigenvalue weighted by molar-refractivity contribution is 6.04. The number of hydrogen-bond acceptors (Lipinski definition) is 5. The summed E-state index contributed by atoms with van der Waals surface area (Å²) in [7, 11) is 3.04. The molecule has 0 atom stereocenters. The molecule has 2 rings (SSSR count). The molecule has 2 aromatic rings. The number of rotatable bonds is 4. The van der Waals surface area contributed by atoms with Crippen molar-refractivity contribution in [2.45, 2.75) is 33.1 Å². The van der Waals surface area contributed by atoms with E-state index >= 15 is 0 Å². The predicted octanol–water partition coefficient (Wildman–Crippen LogP) is 2.65. The molecule has 0 unspecified atom stereocenters. The zero-order valence-corrected chi connectivity index (χ0v) is 15.3. The fraction of sp³-hybridized carbons (Fsp3) is 0.389. The van der Waals surface area contributed by atoms with E-state index < -0.39 is 11.5 Å². The Morgan fingerprint density at radius 2 is 1.68 bits per heavy atom. The molecule has 0 fully saturated rings. The summed E-state index contributed by atoms with van der Waals surface area (Å²) in [6.45, 7) is 7.46. The monoisotopic (exact) mass is 345 g/mol. The van der Waals surface area contributed by atoms with Crippen LogP contribution in [-0.2, 0) is 5.41 Å². The zero-order chi connectivity index (χ0) is 18.8. The first-order chi connectivity index (χ1) is 11.7. The molecule has 1 heterocycles. The molecule has 0 aliphatic rings. The maximum atomic E-state index is 12.6. The number of methoxy groups -OCH3 is 2. The number of carbonyl (C=O) groups excluding carboxylic acids is 1. The number of ether oxygens (including phenoxy) is 2. The van der Waals surface area contributed by atoms with Crippen LogP contribution in [0, 0.1) is 6.92 Å². The van der Waals surface area contributed by atoms with E-state index in [0.29, 0.717) is 28.7 Å². The highest BCUT2D eigenvalue weighted by Gasteiger charge is 2.22. The van der Waals surface area contributed by atoms with E-state index in [1.807, 2.05) is 20.8 Å². The van der Waals surface area contributed by atoms with Crippen molar-refractivity contribution in [2.24, 2.45) is 0 Å². The van der Waals surface area contributed by atoms with Gasteiger partial charge in [0.15, 0.2) is 0 Å². The van der Waals surface area contributed by atoms with Crippen molar-refractivity contribution in [2.75, 3.05) is 19.5 Å². The van der Waals surface area contributed by atoms with Gasteiger partial charge in [-0.25, -0.2) is 4.98 Å². The number of amides is 1. The number of hydrogen-bond donors (Lipinski definition) is 2. The maximum Gasteiger partial charge on any atom is 0.264 e. The summed E-state index contributed by atoms with van der Waals surface area (Å²) in [5.74, 6) is 1.06. The van der Waals surface area contributed by atoms with Crippen LogP contribution in [0.25, 0.3) is 0 Å². The minimum absolute atomic E-state index is 0.0187. The molecule has 2 N–H and O–H groups in total. The van der Waals surface area contributed by atoms with Gasteiger partial charge in [-0.05, 0) is 6.92 Å². The van der Waals surface area contributed by atoms with Gasteiger partial charge >= 0.3 is 0 Å².